The molecule has 1 saturated heterocycles. The van der Waals surface area contributed by atoms with Gasteiger partial charge in [0.05, 0.1) is 0 Å². The summed E-state index contributed by atoms with van der Waals surface area (Å²) in [5, 5.41) is 3.48. The van der Waals surface area contributed by atoms with E-state index in [0.717, 1.165) is 24.9 Å². The number of carbonyl (C=O) groups excluding carboxylic acids is 1. The fourth-order valence-corrected chi connectivity index (χ4v) is 2.69. The molecule has 0 bridgehead atoms. The highest BCUT2D eigenvalue weighted by Crippen LogP contribution is 2.31. The van der Waals surface area contributed by atoms with Crippen molar-refractivity contribution in [3.05, 3.63) is 23.9 Å². The third-order valence-corrected chi connectivity index (χ3v) is 3.59. The van der Waals surface area contributed by atoms with E-state index in [1.165, 1.54) is 0 Å². The molecule has 2 rings (SSSR count). The van der Waals surface area contributed by atoms with Crippen LogP contribution in [0.1, 0.15) is 59.1 Å². The number of hydrogen-bond donors (Lipinski definition) is 1. The molecule has 5 nitrogen and oxygen atoms in total. The molecule has 0 aromatic carbocycles. The monoisotopic (exact) mass is 305 g/mol. The molecule has 0 unspecified atom stereocenters. The minimum atomic E-state index is -0.523. The molecule has 0 spiro atoms. The third kappa shape index (κ3) is 3.97. The maximum absolute atomic E-state index is 12.6. The highest BCUT2D eigenvalue weighted by atomic mass is 16.6. The van der Waals surface area contributed by atoms with Crippen LogP contribution in [0.4, 0.5) is 10.6 Å². The van der Waals surface area contributed by atoms with Gasteiger partial charge in [-0.3, -0.25) is 4.90 Å². The van der Waals surface area contributed by atoms with E-state index in [1.54, 1.807) is 11.1 Å². The molecule has 22 heavy (non-hydrogen) atoms. The molecule has 5 heteroatoms. The van der Waals surface area contributed by atoms with E-state index in [9.17, 15) is 4.79 Å². The molecule has 0 radical (unpaired) electrons. The van der Waals surface area contributed by atoms with E-state index in [0.29, 0.717) is 5.82 Å². The van der Waals surface area contributed by atoms with Gasteiger partial charge in [0.15, 0.2) is 0 Å². The van der Waals surface area contributed by atoms with Crippen molar-refractivity contribution in [2.45, 2.75) is 65.1 Å². The van der Waals surface area contributed by atoms with E-state index in [-0.39, 0.29) is 18.2 Å². The summed E-state index contributed by atoms with van der Waals surface area (Å²) < 4.78 is 5.56. The van der Waals surface area contributed by atoms with Crippen LogP contribution in [0.3, 0.4) is 0 Å². The summed E-state index contributed by atoms with van der Waals surface area (Å²) in [6.45, 7) is 10.6. The van der Waals surface area contributed by atoms with Gasteiger partial charge in [0, 0.05) is 23.8 Å². The van der Waals surface area contributed by atoms with Gasteiger partial charge >= 0.3 is 6.09 Å². The summed E-state index contributed by atoms with van der Waals surface area (Å²) in [5.41, 5.74) is 0.546. The molecule has 1 N–H and O–H groups in total. The van der Waals surface area contributed by atoms with Crippen LogP contribution in [-0.4, -0.2) is 29.3 Å². The maximum Gasteiger partial charge on any atom is 0.416 e. The van der Waals surface area contributed by atoms with Crippen molar-refractivity contribution >= 4 is 11.9 Å². The summed E-state index contributed by atoms with van der Waals surface area (Å²) in [6, 6.07) is 4.20. The fourth-order valence-electron chi connectivity index (χ4n) is 2.69. The molecular formula is C17H27N3O2. The van der Waals surface area contributed by atoms with Crippen molar-refractivity contribution in [3.63, 3.8) is 0 Å². The summed E-state index contributed by atoms with van der Waals surface area (Å²) in [7, 11) is 0. The van der Waals surface area contributed by atoms with Crippen LogP contribution in [0.15, 0.2) is 18.3 Å². The van der Waals surface area contributed by atoms with Gasteiger partial charge in [-0.1, -0.05) is 6.07 Å². The lowest BCUT2D eigenvalue weighted by Crippen LogP contribution is -2.42. The lowest BCUT2D eigenvalue weighted by atomic mass is 10.1. The van der Waals surface area contributed by atoms with Gasteiger partial charge < -0.3 is 10.1 Å². The van der Waals surface area contributed by atoms with Crippen molar-refractivity contribution in [2.75, 3.05) is 11.4 Å². The van der Waals surface area contributed by atoms with Crippen LogP contribution in [-0.2, 0) is 4.74 Å². The molecule has 1 atom stereocenters. The van der Waals surface area contributed by atoms with Gasteiger partial charge in [0.2, 0.25) is 0 Å². The number of pyridine rings is 1. The predicted molar refractivity (Wildman–Crippen MR) is 88.1 cm³/mol. The van der Waals surface area contributed by atoms with Crippen molar-refractivity contribution < 1.29 is 9.53 Å². The zero-order valence-corrected chi connectivity index (χ0v) is 14.2. The van der Waals surface area contributed by atoms with Gasteiger partial charge in [-0.2, -0.15) is 0 Å². The van der Waals surface area contributed by atoms with E-state index in [1.807, 2.05) is 46.8 Å². The first-order chi connectivity index (χ1) is 10.3. The molecule has 1 amide bonds. The summed E-state index contributed by atoms with van der Waals surface area (Å²) in [4.78, 5) is 18.7. The average Bonchev–Trinajstić information content (AvgIpc) is 2.90. The third-order valence-electron chi connectivity index (χ3n) is 3.59. The molecule has 1 aliphatic rings. The smallest absolute Gasteiger partial charge is 0.416 e. The van der Waals surface area contributed by atoms with Crippen LogP contribution in [0.2, 0.25) is 0 Å². The number of carbonyl (C=O) groups is 1. The number of aromatic nitrogens is 1. The summed E-state index contributed by atoms with van der Waals surface area (Å²) in [6.07, 6.45) is 3.60. The highest BCUT2D eigenvalue weighted by Gasteiger charge is 2.30. The van der Waals surface area contributed by atoms with Crippen LogP contribution in [0.25, 0.3) is 0 Å². The van der Waals surface area contributed by atoms with Crippen molar-refractivity contribution in [2.24, 2.45) is 0 Å². The minimum Gasteiger partial charge on any atom is -0.443 e. The van der Waals surface area contributed by atoms with Crippen molar-refractivity contribution in [1.29, 1.82) is 0 Å². The number of ether oxygens (including phenoxy) is 1. The maximum atomic E-state index is 12.6. The molecule has 0 aliphatic carbocycles. The topological polar surface area (TPSA) is 54.5 Å². The number of anilines is 1. The standard InChI is InChI=1S/C17H27N3O2/c1-12(2)20(16(21)22-17(3,4)5)15-13(8-6-11-19-15)14-9-7-10-18-14/h6,8,11-12,14,18H,7,9-10H2,1-5H3/t14-/m0/s1. The zero-order chi connectivity index (χ0) is 16.3. The Morgan fingerprint density at radius 3 is 2.73 bits per heavy atom. The number of hydrogen-bond acceptors (Lipinski definition) is 4. The quantitative estimate of drug-likeness (QED) is 0.926. The Kier molecular flexibility index (Phi) is 5.06. The van der Waals surface area contributed by atoms with Crippen LogP contribution >= 0.6 is 0 Å². The van der Waals surface area contributed by atoms with Crippen molar-refractivity contribution in [1.82, 2.24) is 10.3 Å². The summed E-state index contributed by atoms with van der Waals surface area (Å²) >= 11 is 0. The second-order valence-electron chi connectivity index (χ2n) is 7.01. The Labute approximate surface area is 133 Å². The van der Waals surface area contributed by atoms with Crippen LogP contribution < -0.4 is 10.2 Å². The first kappa shape index (κ1) is 16.7. The Hall–Kier alpha value is -1.62. The molecular weight excluding hydrogens is 278 g/mol. The Morgan fingerprint density at radius 1 is 1.45 bits per heavy atom. The van der Waals surface area contributed by atoms with Crippen LogP contribution in [0, 0.1) is 0 Å². The van der Waals surface area contributed by atoms with E-state index >= 15 is 0 Å². The number of nitrogens with zero attached hydrogens (tertiary/aromatic N) is 2. The second-order valence-corrected chi connectivity index (χ2v) is 7.01. The first-order valence-corrected chi connectivity index (χ1v) is 8.00. The lowest BCUT2D eigenvalue weighted by Gasteiger charge is -2.31. The average molecular weight is 305 g/mol. The molecule has 1 aliphatic heterocycles. The van der Waals surface area contributed by atoms with Gasteiger partial charge in [0.1, 0.15) is 11.4 Å². The normalized spacial score (nSPS) is 18.5. The molecule has 2 heterocycles. The molecule has 122 valence electrons. The van der Waals surface area contributed by atoms with E-state index < -0.39 is 5.60 Å². The lowest BCUT2D eigenvalue weighted by molar-refractivity contribution is 0.0569. The largest absolute Gasteiger partial charge is 0.443 e. The van der Waals surface area contributed by atoms with E-state index in [4.69, 9.17) is 4.74 Å². The van der Waals surface area contributed by atoms with Gasteiger partial charge in [-0.15, -0.1) is 0 Å². The zero-order valence-electron chi connectivity index (χ0n) is 14.2. The fraction of sp³-hybridized carbons (Fsp3) is 0.647. The number of rotatable bonds is 3. The second kappa shape index (κ2) is 6.65. The number of nitrogens with one attached hydrogen (secondary N) is 1. The Morgan fingerprint density at radius 2 is 2.18 bits per heavy atom. The first-order valence-electron chi connectivity index (χ1n) is 8.00. The predicted octanol–water partition coefficient (Wildman–Crippen LogP) is 3.66. The summed E-state index contributed by atoms with van der Waals surface area (Å²) in [5.74, 6) is 0.700. The minimum absolute atomic E-state index is 0.0232. The molecule has 0 saturated carbocycles. The molecule has 1 aromatic rings. The molecule has 1 fully saturated rings. The highest BCUT2D eigenvalue weighted by molar-refractivity contribution is 5.88. The Balaban J connectivity index is 2.34. The number of amides is 1. The van der Waals surface area contributed by atoms with Gasteiger partial charge in [-0.05, 0) is 60.1 Å². The van der Waals surface area contributed by atoms with Gasteiger partial charge in [-0.25, -0.2) is 9.78 Å². The Bertz CT molecular complexity index is 517. The van der Waals surface area contributed by atoms with Crippen molar-refractivity contribution in [3.8, 4) is 0 Å². The SMILES string of the molecule is CC(C)N(C(=O)OC(C)(C)C)c1ncccc1[C@@H]1CCCN1. The van der Waals surface area contributed by atoms with Gasteiger partial charge in [0.25, 0.3) is 0 Å². The van der Waals surface area contributed by atoms with E-state index in [2.05, 4.69) is 10.3 Å². The van der Waals surface area contributed by atoms with Crippen LogP contribution in [0.5, 0.6) is 0 Å². The molecule has 1 aromatic heterocycles.